The number of amides is 1. The van der Waals surface area contributed by atoms with Crippen molar-refractivity contribution in [1.82, 2.24) is 10.2 Å². The first kappa shape index (κ1) is 15.9. The number of rotatable bonds is 5. The molecule has 21 heavy (non-hydrogen) atoms. The Bertz CT molecular complexity index is 456. The zero-order chi connectivity index (χ0) is 15.3. The van der Waals surface area contributed by atoms with Gasteiger partial charge in [0.1, 0.15) is 0 Å². The van der Waals surface area contributed by atoms with Crippen LogP contribution >= 0.6 is 0 Å². The number of carbonyl (C=O) groups is 1. The molecule has 1 aromatic carbocycles. The predicted octanol–water partition coefficient (Wildman–Crippen LogP) is 0.649. The van der Waals surface area contributed by atoms with Gasteiger partial charge in [-0.1, -0.05) is 30.3 Å². The van der Waals surface area contributed by atoms with E-state index in [9.17, 15) is 9.90 Å². The minimum atomic E-state index is -0.797. The number of benzene rings is 1. The summed E-state index contributed by atoms with van der Waals surface area (Å²) in [6, 6.07) is 9.52. The quantitative estimate of drug-likeness (QED) is 0.744. The molecule has 0 saturated carbocycles. The average Bonchev–Trinajstić information content (AvgIpc) is 2.51. The van der Waals surface area contributed by atoms with E-state index in [1.165, 1.54) is 0 Å². The molecule has 5 heteroatoms. The van der Waals surface area contributed by atoms with Gasteiger partial charge in [0.2, 0.25) is 5.91 Å². The molecule has 1 fully saturated rings. The van der Waals surface area contributed by atoms with Crippen LogP contribution in [0.25, 0.3) is 0 Å². The lowest BCUT2D eigenvalue weighted by molar-refractivity contribution is -0.128. The first-order valence-electron chi connectivity index (χ1n) is 7.49. The van der Waals surface area contributed by atoms with Crippen LogP contribution in [0.5, 0.6) is 0 Å². The molecule has 5 nitrogen and oxygen atoms in total. The first-order chi connectivity index (χ1) is 10.0. The molecule has 1 aromatic rings. The van der Waals surface area contributed by atoms with Gasteiger partial charge >= 0.3 is 0 Å². The molecule has 0 radical (unpaired) electrons. The highest BCUT2D eigenvalue weighted by Crippen LogP contribution is 2.22. The van der Waals surface area contributed by atoms with Crippen LogP contribution in [0.2, 0.25) is 0 Å². The third-order valence-corrected chi connectivity index (χ3v) is 4.26. The number of likely N-dealkylation sites (tertiary alicyclic amines) is 1. The molecule has 116 valence electrons. The smallest absolute Gasteiger partial charge is 0.240 e. The summed E-state index contributed by atoms with van der Waals surface area (Å²) in [4.78, 5) is 14.7. The minimum absolute atomic E-state index is 0.0279. The molecule has 1 atom stereocenters. The van der Waals surface area contributed by atoms with E-state index in [0.29, 0.717) is 19.3 Å². The second kappa shape index (κ2) is 7.02. The molecule has 1 amide bonds. The maximum Gasteiger partial charge on any atom is 0.240 e. The Morgan fingerprint density at radius 1 is 1.38 bits per heavy atom. The van der Waals surface area contributed by atoms with Crippen molar-refractivity contribution in [2.45, 2.75) is 30.8 Å². The van der Waals surface area contributed by atoms with E-state index in [1.54, 1.807) is 0 Å². The highest BCUT2D eigenvalue weighted by Gasteiger charge is 2.37. The van der Waals surface area contributed by atoms with Gasteiger partial charge in [0.05, 0.1) is 11.6 Å². The Balaban J connectivity index is 2.05. The Morgan fingerprint density at radius 3 is 2.57 bits per heavy atom. The van der Waals surface area contributed by atoms with E-state index in [-0.39, 0.29) is 18.6 Å². The summed E-state index contributed by atoms with van der Waals surface area (Å²) in [5.74, 6) is -0.113. The maximum absolute atomic E-state index is 12.5. The fraction of sp³-hybridized carbons (Fsp3) is 0.562. The molecular weight excluding hydrogens is 266 g/mol. The van der Waals surface area contributed by atoms with E-state index in [1.807, 2.05) is 37.4 Å². The van der Waals surface area contributed by atoms with Crippen LogP contribution in [-0.2, 0) is 4.79 Å². The summed E-state index contributed by atoms with van der Waals surface area (Å²) in [7, 11) is 2.04. The lowest BCUT2D eigenvalue weighted by Crippen LogP contribution is -2.59. The Labute approximate surface area is 126 Å². The fourth-order valence-electron chi connectivity index (χ4n) is 2.68. The molecular formula is C16H25N3O2. The number of nitrogens with two attached hydrogens (primary N) is 1. The monoisotopic (exact) mass is 291 g/mol. The van der Waals surface area contributed by atoms with Crippen molar-refractivity contribution in [3.05, 3.63) is 35.9 Å². The maximum atomic E-state index is 12.5. The van der Waals surface area contributed by atoms with Crippen LogP contribution in [0.3, 0.4) is 0 Å². The lowest BCUT2D eigenvalue weighted by Gasteiger charge is -2.37. The van der Waals surface area contributed by atoms with E-state index < -0.39 is 5.54 Å². The van der Waals surface area contributed by atoms with Gasteiger partial charge in [-0.3, -0.25) is 4.79 Å². The summed E-state index contributed by atoms with van der Waals surface area (Å²) in [6.07, 6.45) is 1.82. The second-order valence-corrected chi connectivity index (χ2v) is 5.91. The number of hydrogen-bond acceptors (Lipinski definition) is 4. The van der Waals surface area contributed by atoms with E-state index in [0.717, 1.165) is 18.7 Å². The SMILES string of the molecule is CN1CCC(N)(C(=O)NC(CCO)c2ccccc2)CC1. The molecule has 1 unspecified atom stereocenters. The Kier molecular flexibility index (Phi) is 5.33. The van der Waals surface area contributed by atoms with Crippen LogP contribution in [0.1, 0.15) is 30.9 Å². The number of nitrogens with zero attached hydrogens (tertiary/aromatic N) is 1. The molecule has 4 N–H and O–H groups in total. The van der Waals surface area contributed by atoms with Gasteiger partial charge in [-0.25, -0.2) is 0 Å². The largest absolute Gasteiger partial charge is 0.396 e. The van der Waals surface area contributed by atoms with Crippen molar-refractivity contribution in [1.29, 1.82) is 0 Å². The molecule has 1 saturated heterocycles. The molecule has 0 spiro atoms. The summed E-state index contributed by atoms with van der Waals surface area (Å²) in [6.45, 7) is 1.69. The highest BCUT2D eigenvalue weighted by molar-refractivity contribution is 5.86. The van der Waals surface area contributed by atoms with Crippen molar-refractivity contribution >= 4 is 5.91 Å². The van der Waals surface area contributed by atoms with Crippen LogP contribution in [0, 0.1) is 0 Å². The molecule has 2 rings (SSSR count). The standard InChI is InChI=1S/C16H25N3O2/c1-19-10-8-16(17,9-11-19)15(21)18-14(7-12-20)13-5-3-2-4-6-13/h2-6,14,20H,7-12,17H2,1H3,(H,18,21). The minimum Gasteiger partial charge on any atom is -0.396 e. The third-order valence-electron chi connectivity index (χ3n) is 4.26. The van der Waals surface area contributed by atoms with Gasteiger partial charge in [-0.2, -0.15) is 0 Å². The molecule has 0 aliphatic carbocycles. The van der Waals surface area contributed by atoms with Gasteiger partial charge in [-0.05, 0) is 31.9 Å². The first-order valence-corrected chi connectivity index (χ1v) is 7.49. The van der Waals surface area contributed by atoms with Crippen molar-refractivity contribution < 1.29 is 9.90 Å². The van der Waals surface area contributed by atoms with Gasteiger partial charge in [0.15, 0.2) is 0 Å². The number of piperidine rings is 1. The number of aliphatic hydroxyl groups excluding tert-OH is 1. The van der Waals surface area contributed by atoms with Crippen molar-refractivity contribution in [3.8, 4) is 0 Å². The fourth-order valence-corrected chi connectivity index (χ4v) is 2.68. The van der Waals surface area contributed by atoms with Crippen LogP contribution < -0.4 is 11.1 Å². The summed E-state index contributed by atoms with van der Waals surface area (Å²) < 4.78 is 0. The predicted molar refractivity (Wildman–Crippen MR) is 82.7 cm³/mol. The van der Waals surface area contributed by atoms with Crippen LogP contribution in [-0.4, -0.2) is 48.2 Å². The molecule has 1 aliphatic heterocycles. The van der Waals surface area contributed by atoms with Crippen molar-refractivity contribution in [2.75, 3.05) is 26.7 Å². The number of nitrogens with one attached hydrogen (secondary N) is 1. The number of carbonyl (C=O) groups excluding carboxylic acids is 1. The van der Waals surface area contributed by atoms with E-state index in [2.05, 4.69) is 10.2 Å². The van der Waals surface area contributed by atoms with Crippen LogP contribution in [0.15, 0.2) is 30.3 Å². The number of hydrogen-bond donors (Lipinski definition) is 3. The molecule has 0 aromatic heterocycles. The Hall–Kier alpha value is -1.43. The Morgan fingerprint density at radius 2 is 2.00 bits per heavy atom. The topological polar surface area (TPSA) is 78.6 Å². The van der Waals surface area contributed by atoms with Crippen molar-refractivity contribution in [2.24, 2.45) is 5.73 Å². The molecule has 1 aliphatic rings. The van der Waals surface area contributed by atoms with Crippen LogP contribution in [0.4, 0.5) is 0 Å². The summed E-state index contributed by atoms with van der Waals surface area (Å²) >= 11 is 0. The van der Waals surface area contributed by atoms with Crippen molar-refractivity contribution in [3.63, 3.8) is 0 Å². The van der Waals surface area contributed by atoms with Gasteiger partial charge in [-0.15, -0.1) is 0 Å². The zero-order valence-electron chi connectivity index (χ0n) is 12.6. The molecule has 0 bridgehead atoms. The van der Waals surface area contributed by atoms with Gasteiger partial charge in [0, 0.05) is 19.7 Å². The normalized spacial score (nSPS) is 20.0. The van der Waals surface area contributed by atoms with E-state index >= 15 is 0 Å². The van der Waals surface area contributed by atoms with E-state index in [4.69, 9.17) is 5.73 Å². The second-order valence-electron chi connectivity index (χ2n) is 5.91. The molecule has 1 heterocycles. The number of aliphatic hydroxyl groups is 1. The lowest BCUT2D eigenvalue weighted by atomic mass is 9.87. The zero-order valence-corrected chi connectivity index (χ0v) is 12.6. The van der Waals surface area contributed by atoms with Gasteiger partial charge < -0.3 is 21.1 Å². The highest BCUT2D eigenvalue weighted by atomic mass is 16.3. The summed E-state index contributed by atoms with van der Waals surface area (Å²) in [5.41, 5.74) is 6.49. The van der Waals surface area contributed by atoms with Gasteiger partial charge in [0.25, 0.3) is 0 Å². The summed E-state index contributed by atoms with van der Waals surface area (Å²) in [5, 5.41) is 12.2. The average molecular weight is 291 g/mol. The third kappa shape index (κ3) is 4.03.